The van der Waals surface area contributed by atoms with Crippen molar-refractivity contribution in [2.45, 2.75) is 24.3 Å². The molecular weight excluding hydrogens is 369 g/mol. The van der Waals surface area contributed by atoms with E-state index in [-0.39, 0.29) is 10.4 Å². The molecule has 2 heterocycles. The van der Waals surface area contributed by atoms with Gasteiger partial charge in [-0.15, -0.1) is 11.3 Å². The minimum absolute atomic E-state index is 0.0804. The highest BCUT2D eigenvalue weighted by molar-refractivity contribution is 7.94. The lowest BCUT2D eigenvalue weighted by Gasteiger charge is -2.13. The molecule has 0 spiro atoms. The van der Waals surface area contributed by atoms with Gasteiger partial charge in [0.15, 0.2) is 5.69 Å². The number of alkyl halides is 3. The molecule has 0 radical (unpaired) electrons. The molecule has 0 amide bonds. The molecule has 9 heteroatoms. The van der Waals surface area contributed by atoms with Crippen molar-refractivity contribution in [1.29, 1.82) is 0 Å². The Balaban J connectivity index is 1.97. The fraction of sp³-hybridized carbons (Fsp3) is 0.357. The molecule has 124 valence electrons. The van der Waals surface area contributed by atoms with Gasteiger partial charge in [0.05, 0.1) is 15.0 Å². The van der Waals surface area contributed by atoms with Crippen molar-refractivity contribution in [1.82, 2.24) is 4.98 Å². The minimum atomic E-state index is -4.51. The Kier molecular flexibility index (Phi) is 4.41. The van der Waals surface area contributed by atoms with Crippen molar-refractivity contribution < 1.29 is 17.4 Å². The highest BCUT2D eigenvalue weighted by Crippen LogP contribution is 2.40. The van der Waals surface area contributed by atoms with Gasteiger partial charge in [0.1, 0.15) is 0 Å². The Hall–Kier alpha value is -1.12. The van der Waals surface area contributed by atoms with Gasteiger partial charge in [-0.05, 0) is 30.5 Å². The average Bonchev–Trinajstić information content (AvgIpc) is 3.07. The molecule has 1 aromatic carbocycles. The molecule has 3 rings (SSSR count). The fourth-order valence-corrected chi connectivity index (χ4v) is 6.27. The van der Waals surface area contributed by atoms with E-state index in [9.17, 15) is 17.4 Å². The Morgan fingerprint density at radius 1 is 1.30 bits per heavy atom. The number of halogens is 4. The Labute approximate surface area is 140 Å². The van der Waals surface area contributed by atoms with Crippen LogP contribution >= 0.6 is 22.9 Å². The van der Waals surface area contributed by atoms with E-state index in [0.29, 0.717) is 23.6 Å². The molecular formula is C14H12ClF3N2OS2. The standard InChI is InChI=1S/C14H12ClF3N2OS2/c15-10-5-3-9(4-6-10)11-2-1-7-23(11,21)20-13-19-12(8-22-13)14(16,17)18/h3-6,8,11H,1-2,7H2. The third-order valence-electron chi connectivity index (χ3n) is 3.60. The van der Waals surface area contributed by atoms with Crippen molar-refractivity contribution in [2.24, 2.45) is 4.36 Å². The molecule has 0 bridgehead atoms. The van der Waals surface area contributed by atoms with Gasteiger partial charge < -0.3 is 0 Å². The second-order valence-electron chi connectivity index (χ2n) is 5.18. The maximum atomic E-state index is 13.1. The Bertz CT molecular complexity index is 823. The molecule has 1 saturated heterocycles. The van der Waals surface area contributed by atoms with Crippen LogP contribution in [0.15, 0.2) is 34.0 Å². The van der Waals surface area contributed by atoms with Crippen LogP contribution in [0.1, 0.15) is 29.3 Å². The van der Waals surface area contributed by atoms with Gasteiger partial charge in [-0.3, -0.25) is 0 Å². The lowest BCUT2D eigenvalue weighted by molar-refractivity contribution is -0.140. The maximum absolute atomic E-state index is 13.1. The molecule has 2 aromatic rings. The van der Waals surface area contributed by atoms with Crippen molar-refractivity contribution in [3.63, 3.8) is 0 Å². The van der Waals surface area contributed by atoms with E-state index < -0.39 is 21.6 Å². The van der Waals surface area contributed by atoms with Gasteiger partial charge in [-0.25, -0.2) is 9.19 Å². The van der Waals surface area contributed by atoms with Crippen LogP contribution in [0.5, 0.6) is 0 Å². The highest BCUT2D eigenvalue weighted by Gasteiger charge is 2.35. The first-order valence-corrected chi connectivity index (χ1v) is 9.80. The summed E-state index contributed by atoms with van der Waals surface area (Å²) >= 11 is 6.62. The summed E-state index contributed by atoms with van der Waals surface area (Å²) in [4.78, 5) is 3.46. The summed E-state index contributed by atoms with van der Waals surface area (Å²) in [5.74, 6) is 0.362. The number of hydrogen-bond acceptors (Lipinski definition) is 4. The van der Waals surface area contributed by atoms with Gasteiger partial charge in [-0.2, -0.15) is 17.5 Å². The largest absolute Gasteiger partial charge is 0.434 e. The van der Waals surface area contributed by atoms with E-state index in [4.69, 9.17) is 11.6 Å². The molecule has 1 aliphatic heterocycles. The van der Waals surface area contributed by atoms with Crippen molar-refractivity contribution in [2.75, 3.05) is 5.75 Å². The predicted octanol–water partition coefficient (Wildman–Crippen LogP) is 5.45. The van der Waals surface area contributed by atoms with Crippen LogP contribution in [0.4, 0.5) is 18.3 Å². The van der Waals surface area contributed by atoms with Crippen LogP contribution in [-0.4, -0.2) is 14.9 Å². The van der Waals surface area contributed by atoms with Gasteiger partial charge in [0.25, 0.3) is 0 Å². The van der Waals surface area contributed by atoms with Crippen molar-refractivity contribution in [3.8, 4) is 0 Å². The first kappa shape index (κ1) is 16.7. The molecule has 3 nitrogen and oxygen atoms in total. The zero-order chi connectivity index (χ0) is 16.7. The summed E-state index contributed by atoms with van der Waals surface area (Å²) in [5, 5.41) is 1.08. The van der Waals surface area contributed by atoms with Gasteiger partial charge in [0, 0.05) is 16.2 Å². The second-order valence-corrected chi connectivity index (χ2v) is 8.99. The van der Waals surface area contributed by atoms with Gasteiger partial charge in [0.2, 0.25) is 5.13 Å². The molecule has 1 aromatic heterocycles. The summed E-state index contributed by atoms with van der Waals surface area (Å²) in [7, 11) is -2.68. The van der Waals surface area contributed by atoms with E-state index in [1.807, 2.05) is 0 Å². The van der Waals surface area contributed by atoms with Gasteiger partial charge >= 0.3 is 6.18 Å². The van der Waals surface area contributed by atoms with E-state index in [2.05, 4.69) is 9.35 Å². The second kappa shape index (κ2) is 6.07. The quantitative estimate of drug-likeness (QED) is 0.695. The van der Waals surface area contributed by atoms with E-state index in [0.717, 1.165) is 22.3 Å². The van der Waals surface area contributed by atoms with Crippen LogP contribution in [0.25, 0.3) is 0 Å². The molecule has 1 fully saturated rings. The summed E-state index contributed by atoms with van der Waals surface area (Å²) in [6.45, 7) is 0. The van der Waals surface area contributed by atoms with Crippen LogP contribution in [-0.2, 0) is 15.9 Å². The molecule has 23 heavy (non-hydrogen) atoms. The lowest BCUT2D eigenvalue weighted by Crippen LogP contribution is -2.08. The van der Waals surface area contributed by atoms with Crippen molar-refractivity contribution in [3.05, 3.63) is 45.9 Å². The zero-order valence-corrected chi connectivity index (χ0v) is 14.1. The average molecular weight is 381 g/mol. The number of aromatic nitrogens is 1. The van der Waals surface area contributed by atoms with E-state index in [1.54, 1.807) is 24.3 Å². The summed E-state index contributed by atoms with van der Waals surface area (Å²) in [6, 6.07) is 6.99. The van der Waals surface area contributed by atoms with Crippen LogP contribution in [0, 0.1) is 0 Å². The number of rotatable bonds is 2. The summed E-state index contributed by atoms with van der Waals surface area (Å²) in [6.07, 6.45) is -3.12. The highest BCUT2D eigenvalue weighted by atomic mass is 35.5. The fourth-order valence-electron chi connectivity index (χ4n) is 2.54. The van der Waals surface area contributed by atoms with Crippen LogP contribution in [0.2, 0.25) is 5.02 Å². The first-order chi connectivity index (χ1) is 10.8. The molecule has 2 atom stereocenters. The third kappa shape index (κ3) is 3.54. The minimum Gasteiger partial charge on any atom is -0.249 e. The molecule has 0 N–H and O–H groups in total. The summed E-state index contributed by atoms with van der Waals surface area (Å²) in [5.41, 5.74) is -0.154. The van der Waals surface area contributed by atoms with E-state index >= 15 is 0 Å². The number of hydrogen-bond donors (Lipinski definition) is 0. The smallest absolute Gasteiger partial charge is 0.249 e. The lowest BCUT2D eigenvalue weighted by atomic mass is 10.1. The van der Waals surface area contributed by atoms with E-state index in [1.165, 1.54) is 0 Å². The van der Waals surface area contributed by atoms with Gasteiger partial charge in [-0.1, -0.05) is 23.7 Å². The maximum Gasteiger partial charge on any atom is 0.434 e. The van der Waals surface area contributed by atoms with Crippen molar-refractivity contribution >= 4 is 37.8 Å². The summed E-state index contributed by atoms with van der Waals surface area (Å²) < 4.78 is 55.0. The number of thiazole rings is 1. The third-order valence-corrected chi connectivity index (χ3v) is 7.46. The molecule has 1 aliphatic rings. The first-order valence-electron chi connectivity index (χ1n) is 6.80. The monoisotopic (exact) mass is 380 g/mol. The predicted molar refractivity (Wildman–Crippen MR) is 85.6 cm³/mol. The van der Waals surface area contributed by atoms with Crippen LogP contribution < -0.4 is 0 Å². The number of benzene rings is 1. The molecule has 2 unspecified atom stereocenters. The Morgan fingerprint density at radius 3 is 2.61 bits per heavy atom. The Morgan fingerprint density at radius 2 is 2.00 bits per heavy atom. The zero-order valence-electron chi connectivity index (χ0n) is 11.7. The van der Waals surface area contributed by atoms with Crippen LogP contribution in [0.3, 0.4) is 0 Å². The molecule has 0 aliphatic carbocycles. The molecule has 0 saturated carbocycles. The normalized spacial score (nSPS) is 24.8. The number of nitrogens with zero attached hydrogens (tertiary/aromatic N) is 2. The topological polar surface area (TPSA) is 42.3 Å². The SMILES string of the molecule is O=S1(=Nc2nc(C(F)(F)F)cs2)CCCC1c1ccc(Cl)cc1.